The fraction of sp³-hybridized carbons (Fsp3) is 0.632. The molecule has 0 aliphatic heterocycles. The molecule has 0 unspecified atom stereocenters. The minimum Gasteiger partial charge on any atom is -0.335 e. The van der Waals surface area contributed by atoms with Gasteiger partial charge in [-0.1, -0.05) is 76.0 Å². The molecule has 0 heterocycles. The summed E-state index contributed by atoms with van der Waals surface area (Å²) >= 11 is 0. The maximum absolute atomic E-state index is 12.1. The Morgan fingerprint density at radius 3 is 1.82 bits per heavy atom. The summed E-state index contributed by atoms with van der Waals surface area (Å²) in [7, 11) is 0. The van der Waals surface area contributed by atoms with Crippen LogP contribution in [0.3, 0.4) is 0 Å². The molecular formula is C19H30N2O. The molecule has 0 spiro atoms. The third-order valence-corrected chi connectivity index (χ3v) is 4.47. The SMILES string of the molecule is O=C(Nc1ccccc1)NC1CCCCCCCCCCC1. The first kappa shape index (κ1) is 16.9. The zero-order valence-electron chi connectivity index (χ0n) is 13.7. The van der Waals surface area contributed by atoms with Crippen molar-refractivity contribution in [3.8, 4) is 0 Å². The van der Waals surface area contributed by atoms with Gasteiger partial charge in [-0.3, -0.25) is 0 Å². The minimum absolute atomic E-state index is 0.0664. The maximum atomic E-state index is 12.1. The molecule has 0 radical (unpaired) electrons. The van der Waals surface area contributed by atoms with Crippen LogP contribution in [-0.2, 0) is 0 Å². The molecule has 1 saturated carbocycles. The molecule has 3 heteroatoms. The van der Waals surface area contributed by atoms with Gasteiger partial charge in [0.1, 0.15) is 0 Å². The number of anilines is 1. The third-order valence-electron chi connectivity index (χ3n) is 4.47. The Bertz CT molecular complexity index is 407. The van der Waals surface area contributed by atoms with Crippen molar-refractivity contribution in [2.24, 2.45) is 0 Å². The second kappa shape index (κ2) is 10.3. The Balaban J connectivity index is 1.77. The molecule has 22 heavy (non-hydrogen) atoms. The van der Waals surface area contributed by atoms with Crippen LogP contribution in [0.4, 0.5) is 10.5 Å². The summed E-state index contributed by atoms with van der Waals surface area (Å²) in [5.41, 5.74) is 0.855. The number of urea groups is 1. The van der Waals surface area contributed by atoms with Crippen LogP contribution in [0, 0.1) is 0 Å². The van der Waals surface area contributed by atoms with E-state index in [1.807, 2.05) is 30.3 Å². The number of rotatable bonds is 2. The number of hydrogen-bond acceptors (Lipinski definition) is 1. The third kappa shape index (κ3) is 6.97. The van der Waals surface area contributed by atoms with Gasteiger partial charge in [-0.15, -0.1) is 0 Å². The molecule has 2 rings (SSSR count). The Morgan fingerprint density at radius 1 is 0.773 bits per heavy atom. The Kier molecular flexibility index (Phi) is 7.86. The van der Waals surface area contributed by atoms with Crippen molar-refractivity contribution in [2.75, 3.05) is 5.32 Å². The highest BCUT2D eigenvalue weighted by Gasteiger charge is 2.12. The molecule has 122 valence electrons. The predicted molar refractivity (Wildman–Crippen MR) is 93.2 cm³/mol. The molecule has 0 bridgehead atoms. The monoisotopic (exact) mass is 302 g/mol. The van der Waals surface area contributed by atoms with Crippen LogP contribution >= 0.6 is 0 Å². The molecule has 1 aliphatic carbocycles. The number of nitrogens with one attached hydrogen (secondary N) is 2. The van der Waals surface area contributed by atoms with Gasteiger partial charge in [-0.2, -0.15) is 0 Å². The molecule has 2 amide bonds. The second-order valence-corrected chi connectivity index (χ2v) is 6.42. The highest BCUT2D eigenvalue weighted by Crippen LogP contribution is 2.17. The number of carbonyl (C=O) groups excluding carboxylic acids is 1. The van der Waals surface area contributed by atoms with Gasteiger partial charge in [0.25, 0.3) is 0 Å². The van der Waals surface area contributed by atoms with Crippen molar-refractivity contribution in [1.82, 2.24) is 5.32 Å². The quantitative estimate of drug-likeness (QED) is 0.746. The molecule has 0 atom stereocenters. The largest absolute Gasteiger partial charge is 0.335 e. The average Bonchev–Trinajstić information content (AvgIpc) is 2.51. The summed E-state index contributed by atoms with van der Waals surface area (Å²) < 4.78 is 0. The van der Waals surface area contributed by atoms with Crippen LogP contribution in [0.1, 0.15) is 70.6 Å². The van der Waals surface area contributed by atoms with Gasteiger partial charge in [-0.05, 0) is 25.0 Å². The van der Waals surface area contributed by atoms with Crippen molar-refractivity contribution in [3.05, 3.63) is 30.3 Å². The minimum atomic E-state index is -0.0664. The van der Waals surface area contributed by atoms with E-state index in [0.29, 0.717) is 6.04 Å². The van der Waals surface area contributed by atoms with Crippen LogP contribution in [0.2, 0.25) is 0 Å². The summed E-state index contributed by atoms with van der Waals surface area (Å²) in [5.74, 6) is 0. The van der Waals surface area contributed by atoms with Crippen LogP contribution < -0.4 is 10.6 Å². The summed E-state index contributed by atoms with van der Waals surface area (Å²) in [6.07, 6.45) is 14.2. The van der Waals surface area contributed by atoms with E-state index in [4.69, 9.17) is 0 Å². The Hall–Kier alpha value is -1.51. The van der Waals surface area contributed by atoms with E-state index in [0.717, 1.165) is 18.5 Å². The number of carbonyl (C=O) groups is 1. The fourth-order valence-electron chi connectivity index (χ4n) is 3.18. The zero-order chi connectivity index (χ0) is 15.5. The number of hydrogen-bond donors (Lipinski definition) is 2. The summed E-state index contributed by atoms with van der Waals surface area (Å²) in [6.45, 7) is 0. The van der Waals surface area contributed by atoms with Gasteiger partial charge < -0.3 is 10.6 Å². The average molecular weight is 302 g/mol. The van der Waals surface area contributed by atoms with Gasteiger partial charge in [0.15, 0.2) is 0 Å². The highest BCUT2D eigenvalue weighted by atomic mass is 16.2. The van der Waals surface area contributed by atoms with E-state index >= 15 is 0 Å². The lowest BCUT2D eigenvalue weighted by Crippen LogP contribution is -2.38. The smallest absolute Gasteiger partial charge is 0.319 e. The van der Waals surface area contributed by atoms with Gasteiger partial charge in [-0.25, -0.2) is 4.79 Å². The van der Waals surface area contributed by atoms with E-state index in [9.17, 15) is 4.79 Å². The van der Waals surface area contributed by atoms with Crippen molar-refractivity contribution in [2.45, 2.75) is 76.7 Å². The predicted octanol–water partition coefficient (Wildman–Crippen LogP) is 5.48. The lowest BCUT2D eigenvalue weighted by molar-refractivity contribution is 0.246. The van der Waals surface area contributed by atoms with Crippen LogP contribution in [-0.4, -0.2) is 12.1 Å². The van der Waals surface area contributed by atoms with E-state index in [1.54, 1.807) is 0 Å². The number of benzene rings is 1. The van der Waals surface area contributed by atoms with Crippen molar-refractivity contribution >= 4 is 11.7 Å². The zero-order valence-corrected chi connectivity index (χ0v) is 13.7. The summed E-state index contributed by atoms with van der Waals surface area (Å²) in [5, 5.41) is 6.09. The van der Waals surface area contributed by atoms with E-state index in [-0.39, 0.29) is 6.03 Å². The summed E-state index contributed by atoms with van der Waals surface area (Å²) in [4.78, 5) is 12.1. The van der Waals surface area contributed by atoms with E-state index in [2.05, 4.69) is 10.6 Å². The molecular weight excluding hydrogens is 272 g/mol. The van der Waals surface area contributed by atoms with E-state index < -0.39 is 0 Å². The van der Waals surface area contributed by atoms with Gasteiger partial charge >= 0.3 is 6.03 Å². The standard InChI is InChI=1S/C19H30N2O/c22-19(21-18-15-11-8-12-16-18)20-17-13-9-6-4-2-1-3-5-7-10-14-17/h8,11-12,15-17H,1-7,9-10,13-14H2,(H2,20,21,22). The molecule has 0 saturated heterocycles. The van der Waals surface area contributed by atoms with Crippen molar-refractivity contribution < 1.29 is 4.79 Å². The van der Waals surface area contributed by atoms with Crippen LogP contribution in [0.15, 0.2) is 30.3 Å². The van der Waals surface area contributed by atoms with Crippen LogP contribution in [0.5, 0.6) is 0 Å². The first-order valence-corrected chi connectivity index (χ1v) is 8.97. The maximum Gasteiger partial charge on any atom is 0.319 e. The number of para-hydroxylation sites is 1. The molecule has 0 aromatic heterocycles. The lowest BCUT2D eigenvalue weighted by Gasteiger charge is -2.20. The normalized spacial score (nSPS) is 18.7. The Labute approximate surface area is 134 Å². The summed E-state index contributed by atoms with van der Waals surface area (Å²) in [6, 6.07) is 9.92. The van der Waals surface area contributed by atoms with Gasteiger partial charge in [0.2, 0.25) is 0 Å². The van der Waals surface area contributed by atoms with Gasteiger partial charge in [0.05, 0.1) is 0 Å². The molecule has 2 N–H and O–H groups in total. The molecule has 1 aromatic carbocycles. The van der Waals surface area contributed by atoms with Crippen molar-refractivity contribution in [1.29, 1.82) is 0 Å². The first-order chi connectivity index (χ1) is 10.8. The molecule has 1 fully saturated rings. The van der Waals surface area contributed by atoms with E-state index in [1.165, 1.54) is 57.8 Å². The lowest BCUT2D eigenvalue weighted by atomic mass is 9.98. The molecule has 1 aromatic rings. The highest BCUT2D eigenvalue weighted by molar-refractivity contribution is 5.89. The first-order valence-electron chi connectivity index (χ1n) is 8.97. The topological polar surface area (TPSA) is 41.1 Å². The van der Waals surface area contributed by atoms with Crippen LogP contribution in [0.25, 0.3) is 0 Å². The van der Waals surface area contributed by atoms with Crippen molar-refractivity contribution in [3.63, 3.8) is 0 Å². The Morgan fingerprint density at radius 2 is 1.27 bits per heavy atom. The fourth-order valence-corrected chi connectivity index (χ4v) is 3.18. The molecule has 3 nitrogen and oxygen atoms in total. The molecule has 1 aliphatic rings. The number of amides is 2. The van der Waals surface area contributed by atoms with Gasteiger partial charge in [0, 0.05) is 11.7 Å². The second-order valence-electron chi connectivity index (χ2n) is 6.42.